The van der Waals surface area contributed by atoms with E-state index in [2.05, 4.69) is 10.2 Å². The number of likely N-dealkylation sites (N-methyl/N-ethyl adjacent to an activating group) is 1. The lowest BCUT2D eigenvalue weighted by atomic mass is 10.1. The quantitative estimate of drug-likeness (QED) is 0.800. The lowest BCUT2D eigenvalue weighted by Crippen LogP contribution is -2.44. The van der Waals surface area contributed by atoms with Crippen LogP contribution in [0.15, 0.2) is 24.3 Å². The van der Waals surface area contributed by atoms with Gasteiger partial charge in [-0.25, -0.2) is 4.39 Å². The Morgan fingerprint density at radius 3 is 2.93 bits per heavy atom. The first-order valence-corrected chi connectivity index (χ1v) is 5.48. The smallest absolute Gasteiger partial charge is 0.146 e. The maximum absolute atomic E-state index is 13.5. The molecular formula is C12H17FN2. The minimum Gasteiger partial charge on any atom is -0.368 e. The van der Waals surface area contributed by atoms with Crippen molar-refractivity contribution in [1.82, 2.24) is 5.32 Å². The zero-order valence-electron chi connectivity index (χ0n) is 9.04. The molecule has 1 heterocycles. The molecule has 1 aromatic rings. The van der Waals surface area contributed by atoms with E-state index in [0.717, 1.165) is 25.2 Å². The predicted molar refractivity (Wildman–Crippen MR) is 60.7 cm³/mol. The highest BCUT2D eigenvalue weighted by molar-refractivity contribution is 5.48. The third-order valence-electron chi connectivity index (χ3n) is 3.02. The molecule has 0 amide bonds. The molecule has 1 unspecified atom stereocenters. The number of nitrogens with one attached hydrogen (secondary N) is 1. The lowest BCUT2D eigenvalue weighted by molar-refractivity contribution is 0.445. The summed E-state index contributed by atoms with van der Waals surface area (Å²) in [6.45, 7) is 1.86. The van der Waals surface area contributed by atoms with E-state index >= 15 is 0 Å². The Hall–Kier alpha value is -1.09. The Bertz CT molecular complexity index is 327. The van der Waals surface area contributed by atoms with Gasteiger partial charge in [0.15, 0.2) is 0 Å². The number of nitrogens with zero attached hydrogens (tertiary/aromatic N) is 1. The highest BCUT2D eigenvalue weighted by atomic mass is 19.1. The van der Waals surface area contributed by atoms with Crippen molar-refractivity contribution in [3.8, 4) is 0 Å². The summed E-state index contributed by atoms with van der Waals surface area (Å²) in [6, 6.07) is 7.49. The summed E-state index contributed by atoms with van der Waals surface area (Å²) >= 11 is 0. The molecule has 2 rings (SSSR count). The Balaban J connectivity index is 2.13. The lowest BCUT2D eigenvalue weighted by Gasteiger charge is -2.34. The van der Waals surface area contributed by atoms with Crippen molar-refractivity contribution >= 4 is 5.69 Å². The molecule has 15 heavy (non-hydrogen) atoms. The summed E-state index contributed by atoms with van der Waals surface area (Å²) in [5, 5.41) is 3.26. The van der Waals surface area contributed by atoms with Gasteiger partial charge in [0.05, 0.1) is 5.69 Å². The number of anilines is 1. The van der Waals surface area contributed by atoms with Crippen LogP contribution in [0.1, 0.15) is 12.8 Å². The van der Waals surface area contributed by atoms with Crippen LogP contribution in [0, 0.1) is 5.82 Å². The van der Waals surface area contributed by atoms with Gasteiger partial charge >= 0.3 is 0 Å². The fourth-order valence-electron chi connectivity index (χ4n) is 2.14. The van der Waals surface area contributed by atoms with Gasteiger partial charge in [0.1, 0.15) is 5.82 Å². The normalized spacial score (nSPS) is 21.7. The predicted octanol–water partition coefficient (Wildman–Crippen LogP) is 2.01. The SMILES string of the molecule is CNC1CCCN(c2ccccc2F)C1. The molecule has 1 aliphatic heterocycles. The molecular weight excluding hydrogens is 191 g/mol. The van der Waals surface area contributed by atoms with Gasteiger partial charge in [-0.15, -0.1) is 0 Å². The van der Waals surface area contributed by atoms with Crippen LogP contribution in [0.25, 0.3) is 0 Å². The fraction of sp³-hybridized carbons (Fsp3) is 0.500. The Labute approximate surface area is 90.1 Å². The average Bonchev–Trinajstić information content (AvgIpc) is 2.30. The highest BCUT2D eigenvalue weighted by Gasteiger charge is 2.20. The topological polar surface area (TPSA) is 15.3 Å². The van der Waals surface area contributed by atoms with Gasteiger partial charge in [0, 0.05) is 19.1 Å². The van der Waals surface area contributed by atoms with E-state index in [1.54, 1.807) is 6.07 Å². The van der Waals surface area contributed by atoms with Crippen LogP contribution in [0.5, 0.6) is 0 Å². The molecule has 1 N–H and O–H groups in total. The minimum absolute atomic E-state index is 0.116. The monoisotopic (exact) mass is 208 g/mol. The number of halogens is 1. The maximum Gasteiger partial charge on any atom is 0.146 e. The first kappa shape index (κ1) is 10.4. The third kappa shape index (κ3) is 2.29. The molecule has 0 aliphatic carbocycles. The molecule has 0 aromatic heterocycles. The summed E-state index contributed by atoms with van der Waals surface area (Å²) in [5.74, 6) is -0.116. The van der Waals surface area contributed by atoms with Gasteiger partial charge in [-0.1, -0.05) is 12.1 Å². The van der Waals surface area contributed by atoms with Crippen LogP contribution >= 0.6 is 0 Å². The zero-order valence-corrected chi connectivity index (χ0v) is 9.04. The largest absolute Gasteiger partial charge is 0.368 e. The standard InChI is InChI=1S/C12H17FN2/c1-14-10-5-4-8-15(9-10)12-7-3-2-6-11(12)13/h2-3,6-7,10,14H,4-5,8-9H2,1H3. The molecule has 1 aromatic carbocycles. The number of piperidine rings is 1. The van der Waals surface area contributed by atoms with Gasteiger partial charge in [-0.3, -0.25) is 0 Å². The van der Waals surface area contributed by atoms with E-state index in [1.807, 2.05) is 19.2 Å². The van der Waals surface area contributed by atoms with E-state index in [0.29, 0.717) is 6.04 Å². The van der Waals surface area contributed by atoms with Crippen molar-refractivity contribution in [3.05, 3.63) is 30.1 Å². The van der Waals surface area contributed by atoms with Crippen molar-refractivity contribution in [2.45, 2.75) is 18.9 Å². The fourth-order valence-corrected chi connectivity index (χ4v) is 2.14. The Kier molecular flexibility index (Phi) is 3.21. The van der Waals surface area contributed by atoms with E-state index < -0.39 is 0 Å². The number of para-hydroxylation sites is 1. The molecule has 1 aliphatic rings. The number of hydrogen-bond donors (Lipinski definition) is 1. The van der Waals surface area contributed by atoms with Crippen molar-refractivity contribution in [2.24, 2.45) is 0 Å². The van der Waals surface area contributed by atoms with Crippen LogP contribution in [0.3, 0.4) is 0 Å². The molecule has 1 fully saturated rings. The molecule has 0 bridgehead atoms. The van der Waals surface area contributed by atoms with E-state index in [-0.39, 0.29) is 5.82 Å². The molecule has 3 heteroatoms. The summed E-state index contributed by atoms with van der Waals surface area (Å²) in [7, 11) is 1.97. The van der Waals surface area contributed by atoms with Crippen molar-refractivity contribution in [2.75, 3.05) is 25.0 Å². The molecule has 2 nitrogen and oxygen atoms in total. The second kappa shape index (κ2) is 4.62. The summed E-state index contributed by atoms with van der Waals surface area (Å²) < 4.78 is 13.5. The van der Waals surface area contributed by atoms with Crippen molar-refractivity contribution in [3.63, 3.8) is 0 Å². The van der Waals surface area contributed by atoms with Crippen molar-refractivity contribution < 1.29 is 4.39 Å². The highest BCUT2D eigenvalue weighted by Crippen LogP contribution is 2.22. The minimum atomic E-state index is -0.116. The van der Waals surface area contributed by atoms with Gasteiger partial charge < -0.3 is 10.2 Å². The van der Waals surface area contributed by atoms with Crippen LogP contribution < -0.4 is 10.2 Å². The molecule has 0 radical (unpaired) electrons. The van der Waals surface area contributed by atoms with Gasteiger partial charge in [-0.05, 0) is 32.0 Å². The number of hydrogen-bond acceptors (Lipinski definition) is 2. The van der Waals surface area contributed by atoms with E-state index in [1.165, 1.54) is 12.5 Å². The first-order valence-electron chi connectivity index (χ1n) is 5.48. The van der Waals surface area contributed by atoms with Gasteiger partial charge in [-0.2, -0.15) is 0 Å². The third-order valence-corrected chi connectivity index (χ3v) is 3.02. The second-order valence-electron chi connectivity index (χ2n) is 4.03. The summed E-state index contributed by atoms with van der Waals surface area (Å²) in [5.41, 5.74) is 0.734. The Morgan fingerprint density at radius 1 is 1.40 bits per heavy atom. The number of benzene rings is 1. The molecule has 1 atom stereocenters. The van der Waals surface area contributed by atoms with Crippen LogP contribution in [-0.4, -0.2) is 26.2 Å². The number of rotatable bonds is 2. The van der Waals surface area contributed by atoms with E-state index in [9.17, 15) is 4.39 Å². The average molecular weight is 208 g/mol. The van der Waals surface area contributed by atoms with E-state index in [4.69, 9.17) is 0 Å². The second-order valence-corrected chi connectivity index (χ2v) is 4.03. The van der Waals surface area contributed by atoms with Crippen LogP contribution in [0.2, 0.25) is 0 Å². The zero-order chi connectivity index (χ0) is 10.7. The van der Waals surface area contributed by atoms with Gasteiger partial charge in [0.25, 0.3) is 0 Å². The molecule has 0 saturated carbocycles. The maximum atomic E-state index is 13.5. The summed E-state index contributed by atoms with van der Waals surface area (Å²) in [4.78, 5) is 2.12. The Morgan fingerprint density at radius 2 is 2.20 bits per heavy atom. The molecule has 1 saturated heterocycles. The van der Waals surface area contributed by atoms with Crippen molar-refractivity contribution in [1.29, 1.82) is 0 Å². The van der Waals surface area contributed by atoms with Crippen LogP contribution in [0.4, 0.5) is 10.1 Å². The molecule has 0 spiro atoms. The first-order chi connectivity index (χ1) is 7.31. The van der Waals surface area contributed by atoms with Gasteiger partial charge in [0.2, 0.25) is 0 Å². The molecule has 82 valence electrons. The summed E-state index contributed by atoms with van der Waals surface area (Å²) in [6.07, 6.45) is 2.31. The van der Waals surface area contributed by atoms with Crippen LogP contribution in [-0.2, 0) is 0 Å².